The molecule has 0 radical (unpaired) electrons. The Hall–Kier alpha value is -3.35. The van der Waals surface area contributed by atoms with E-state index in [1.165, 1.54) is 12.1 Å². The van der Waals surface area contributed by atoms with E-state index in [2.05, 4.69) is 5.16 Å². The molecular formula is C21H17FN2O4. The SMILES string of the molecule is O=C(c1cc(-c2ccc3c(c2)OCO3)on1)N1CCC[C@H]1c1cccc(F)c1. The minimum absolute atomic E-state index is 0.158. The Balaban J connectivity index is 1.40. The van der Waals surface area contributed by atoms with Gasteiger partial charge in [0.15, 0.2) is 23.0 Å². The van der Waals surface area contributed by atoms with Gasteiger partial charge in [-0.05, 0) is 48.7 Å². The Kier molecular flexibility index (Phi) is 4.00. The second-order valence-electron chi connectivity index (χ2n) is 6.86. The van der Waals surface area contributed by atoms with Crippen LogP contribution in [0.5, 0.6) is 11.5 Å². The smallest absolute Gasteiger partial charge is 0.276 e. The monoisotopic (exact) mass is 380 g/mol. The van der Waals surface area contributed by atoms with Crippen molar-refractivity contribution in [3.05, 3.63) is 65.6 Å². The number of hydrogen-bond acceptors (Lipinski definition) is 5. The van der Waals surface area contributed by atoms with Crippen molar-refractivity contribution < 1.29 is 23.2 Å². The zero-order chi connectivity index (χ0) is 19.1. The van der Waals surface area contributed by atoms with Crippen LogP contribution < -0.4 is 9.47 Å². The molecule has 7 heteroatoms. The van der Waals surface area contributed by atoms with Crippen molar-refractivity contribution >= 4 is 5.91 Å². The first-order chi connectivity index (χ1) is 13.7. The highest BCUT2D eigenvalue weighted by Crippen LogP contribution is 2.37. The minimum atomic E-state index is -0.302. The molecule has 0 spiro atoms. The van der Waals surface area contributed by atoms with E-state index < -0.39 is 0 Å². The first-order valence-corrected chi connectivity index (χ1v) is 9.12. The van der Waals surface area contributed by atoms with Crippen molar-refractivity contribution in [1.29, 1.82) is 0 Å². The molecule has 0 N–H and O–H groups in total. The van der Waals surface area contributed by atoms with Gasteiger partial charge in [0.1, 0.15) is 5.82 Å². The normalized spacial score (nSPS) is 17.9. The van der Waals surface area contributed by atoms with Crippen LogP contribution >= 0.6 is 0 Å². The van der Waals surface area contributed by atoms with Crippen LogP contribution in [0.25, 0.3) is 11.3 Å². The van der Waals surface area contributed by atoms with E-state index in [1.807, 2.05) is 12.1 Å². The van der Waals surface area contributed by atoms with Crippen molar-refractivity contribution in [3.8, 4) is 22.8 Å². The number of benzene rings is 2. The van der Waals surface area contributed by atoms with Gasteiger partial charge in [-0.2, -0.15) is 0 Å². The van der Waals surface area contributed by atoms with Crippen LogP contribution in [0.3, 0.4) is 0 Å². The molecular weight excluding hydrogens is 363 g/mol. The zero-order valence-corrected chi connectivity index (χ0v) is 14.9. The highest BCUT2D eigenvalue weighted by atomic mass is 19.1. The molecule has 6 nitrogen and oxygen atoms in total. The number of ether oxygens (including phenoxy) is 2. The first-order valence-electron chi connectivity index (χ1n) is 9.12. The lowest BCUT2D eigenvalue weighted by atomic mass is 10.0. The number of carbonyl (C=O) groups is 1. The Labute approximate surface area is 160 Å². The van der Waals surface area contributed by atoms with Gasteiger partial charge in [-0.3, -0.25) is 4.79 Å². The molecule has 1 atom stereocenters. The largest absolute Gasteiger partial charge is 0.454 e. The van der Waals surface area contributed by atoms with Crippen LogP contribution in [0.15, 0.2) is 53.1 Å². The third-order valence-corrected chi connectivity index (χ3v) is 5.13. The van der Waals surface area contributed by atoms with Gasteiger partial charge < -0.3 is 18.9 Å². The molecule has 2 aliphatic rings. The number of amides is 1. The third-order valence-electron chi connectivity index (χ3n) is 5.13. The maximum Gasteiger partial charge on any atom is 0.276 e. The van der Waals surface area contributed by atoms with Crippen LogP contribution in [0.1, 0.15) is 34.9 Å². The summed E-state index contributed by atoms with van der Waals surface area (Å²) in [5, 5.41) is 3.96. The van der Waals surface area contributed by atoms with E-state index >= 15 is 0 Å². The summed E-state index contributed by atoms with van der Waals surface area (Å²) in [5.41, 5.74) is 1.78. The Bertz CT molecular complexity index is 1050. The zero-order valence-electron chi connectivity index (χ0n) is 14.9. The van der Waals surface area contributed by atoms with Gasteiger partial charge in [0, 0.05) is 18.2 Å². The first kappa shape index (κ1) is 16.8. The van der Waals surface area contributed by atoms with Crippen molar-refractivity contribution in [2.75, 3.05) is 13.3 Å². The number of aromatic nitrogens is 1. The lowest BCUT2D eigenvalue weighted by molar-refractivity contribution is 0.0725. The molecule has 1 fully saturated rings. The summed E-state index contributed by atoms with van der Waals surface area (Å²) in [4.78, 5) is 14.7. The molecule has 0 aliphatic carbocycles. The van der Waals surface area contributed by atoms with Crippen LogP contribution in [0.2, 0.25) is 0 Å². The minimum Gasteiger partial charge on any atom is -0.454 e. The molecule has 5 rings (SSSR count). The summed E-state index contributed by atoms with van der Waals surface area (Å²) in [6, 6.07) is 13.3. The summed E-state index contributed by atoms with van der Waals surface area (Å²) >= 11 is 0. The molecule has 28 heavy (non-hydrogen) atoms. The second-order valence-corrected chi connectivity index (χ2v) is 6.86. The molecule has 1 aromatic heterocycles. The van der Waals surface area contributed by atoms with Crippen LogP contribution in [-0.4, -0.2) is 29.3 Å². The van der Waals surface area contributed by atoms with Crippen molar-refractivity contribution in [2.45, 2.75) is 18.9 Å². The van der Waals surface area contributed by atoms with E-state index in [1.54, 1.807) is 29.2 Å². The van der Waals surface area contributed by atoms with Crippen LogP contribution in [0, 0.1) is 5.82 Å². The number of likely N-dealkylation sites (tertiary alicyclic amines) is 1. The summed E-state index contributed by atoms with van der Waals surface area (Å²) in [7, 11) is 0. The van der Waals surface area contributed by atoms with Gasteiger partial charge in [-0.15, -0.1) is 0 Å². The lowest BCUT2D eigenvalue weighted by Crippen LogP contribution is -2.30. The third kappa shape index (κ3) is 2.89. The maximum absolute atomic E-state index is 13.6. The highest BCUT2D eigenvalue weighted by molar-refractivity contribution is 5.93. The Morgan fingerprint density at radius 1 is 1.11 bits per heavy atom. The van der Waals surface area contributed by atoms with Crippen LogP contribution in [0.4, 0.5) is 4.39 Å². The molecule has 0 bridgehead atoms. The number of halogens is 1. The van der Waals surface area contributed by atoms with E-state index in [4.69, 9.17) is 14.0 Å². The average molecular weight is 380 g/mol. The number of carbonyl (C=O) groups excluding carboxylic acids is 1. The van der Waals surface area contributed by atoms with E-state index in [0.717, 1.165) is 24.0 Å². The fraction of sp³-hybridized carbons (Fsp3) is 0.238. The molecule has 2 aliphatic heterocycles. The molecule has 142 valence electrons. The number of hydrogen-bond donors (Lipinski definition) is 0. The quantitative estimate of drug-likeness (QED) is 0.682. The van der Waals surface area contributed by atoms with Gasteiger partial charge in [0.25, 0.3) is 5.91 Å². The number of rotatable bonds is 3. The molecule has 3 aromatic rings. The fourth-order valence-corrected chi connectivity index (χ4v) is 3.78. The van der Waals surface area contributed by atoms with Crippen molar-refractivity contribution in [1.82, 2.24) is 10.1 Å². The van der Waals surface area contributed by atoms with Gasteiger partial charge in [0.2, 0.25) is 6.79 Å². The summed E-state index contributed by atoms with van der Waals surface area (Å²) in [6.45, 7) is 0.793. The lowest BCUT2D eigenvalue weighted by Gasteiger charge is -2.24. The van der Waals surface area contributed by atoms with Crippen molar-refractivity contribution in [3.63, 3.8) is 0 Å². The van der Waals surface area contributed by atoms with E-state index in [0.29, 0.717) is 23.8 Å². The maximum atomic E-state index is 13.6. The topological polar surface area (TPSA) is 64.8 Å². The predicted octanol–water partition coefficient (Wildman–Crippen LogP) is 4.19. The van der Waals surface area contributed by atoms with Gasteiger partial charge in [0.05, 0.1) is 6.04 Å². The molecule has 0 saturated carbocycles. The van der Waals surface area contributed by atoms with E-state index in [-0.39, 0.29) is 30.3 Å². The second kappa shape index (κ2) is 6.67. The predicted molar refractivity (Wildman–Crippen MR) is 97.5 cm³/mol. The van der Waals surface area contributed by atoms with Gasteiger partial charge in [-0.25, -0.2) is 4.39 Å². The molecule has 2 aromatic carbocycles. The summed E-state index contributed by atoms with van der Waals surface area (Å²) < 4.78 is 29.7. The Morgan fingerprint density at radius 3 is 2.89 bits per heavy atom. The molecule has 0 unspecified atom stereocenters. The molecule has 1 amide bonds. The molecule has 3 heterocycles. The van der Waals surface area contributed by atoms with Crippen molar-refractivity contribution in [2.24, 2.45) is 0 Å². The number of fused-ring (bicyclic) bond motifs is 1. The Morgan fingerprint density at radius 2 is 2.00 bits per heavy atom. The average Bonchev–Trinajstić information content (AvgIpc) is 3.47. The standard InChI is InChI=1S/C21H17FN2O4/c22-15-4-1-3-13(9-15)17-5-2-8-24(17)21(25)16-11-19(28-23-16)14-6-7-18-20(10-14)27-12-26-18/h1,3-4,6-7,9-11,17H,2,5,8,12H2/t17-/m0/s1. The van der Waals surface area contributed by atoms with E-state index in [9.17, 15) is 9.18 Å². The number of nitrogens with zero attached hydrogens (tertiary/aromatic N) is 2. The van der Waals surface area contributed by atoms with Gasteiger partial charge in [-0.1, -0.05) is 17.3 Å². The summed E-state index contributed by atoms with van der Waals surface area (Å²) in [5.74, 6) is 1.26. The summed E-state index contributed by atoms with van der Waals surface area (Å²) in [6.07, 6.45) is 1.65. The highest BCUT2D eigenvalue weighted by Gasteiger charge is 2.32. The molecule has 1 saturated heterocycles. The van der Waals surface area contributed by atoms with Crippen LogP contribution in [-0.2, 0) is 0 Å². The van der Waals surface area contributed by atoms with Gasteiger partial charge >= 0.3 is 0 Å². The fourth-order valence-electron chi connectivity index (χ4n) is 3.78.